The Labute approximate surface area is 105 Å². The summed E-state index contributed by atoms with van der Waals surface area (Å²) in [4.78, 5) is 22.7. The molecule has 1 N–H and O–H groups in total. The molecule has 0 bridgehead atoms. The van der Waals surface area contributed by atoms with Gasteiger partial charge >= 0.3 is 11.9 Å². The number of esters is 2. The van der Waals surface area contributed by atoms with Crippen molar-refractivity contribution in [3.8, 4) is 0 Å². The molecule has 5 nitrogen and oxygen atoms in total. The Kier molecular flexibility index (Phi) is 4.92. The number of aryl methyl sites for hydroxylation is 1. The van der Waals surface area contributed by atoms with E-state index in [2.05, 4.69) is 14.8 Å². The highest BCUT2D eigenvalue weighted by Crippen LogP contribution is 2.16. The zero-order valence-corrected chi connectivity index (χ0v) is 10.5. The number of hydrogen-bond donors (Lipinski definition) is 1. The maximum atomic E-state index is 11.5. The molecule has 5 heteroatoms. The molecule has 0 aliphatic heterocycles. The van der Waals surface area contributed by atoms with E-state index in [4.69, 9.17) is 0 Å². The number of anilines is 1. The van der Waals surface area contributed by atoms with E-state index in [1.54, 1.807) is 6.07 Å². The summed E-state index contributed by atoms with van der Waals surface area (Å²) in [5, 5.41) is 2.85. The van der Waals surface area contributed by atoms with Crippen LogP contribution in [0, 0.1) is 6.92 Å². The molecule has 0 aliphatic rings. The maximum absolute atomic E-state index is 11.5. The van der Waals surface area contributed by atoms with Crippen molar-refractivity contribution in [2.45, 2.75) is 6.92 Å². The minimum Gasteiger partial charge on any atom is -0.466 e. The predicted octanol–water partition coefficient (Wildman–Crippen LogP) is 1.64. The number of benzene rings is 1. The summed E-state index contributed by atoms with van der Waals surface area (Å²) in [6.07, 6.45) is 1.05. The fourth-order valence-electron chi connectivity index (χ4n) is 1.29. The minimum atomic E-state index is -0.636. The van der Waals surface area contributed by atoms with Crippen LogP contribution in [0.25, 0.3) is 0 Å². The predicted molar refractivity (Wildman–Crippen MR) is 66.9 cm³/mol. The first-order valence-corrected chi connectivity index (χ1v) is 5.29. The van der Waals surface area contributed by atoms with Gasteiger partial charge in [-0.25, -0.2) is 9.59 Å². The monoisotopic (exact) mass is 249 g/mol. The van der Waals surface area contributed by atoms with Gasteiger partial charge in [0.2, 0.25) is 0 Å². The highest BCUT2D eigenvalue weighted by molar-refractivity contribution is 5.98. The SMILES string of the molecule is COC(=O)C=C(Nc1ccccc1C)C(=O)OC. The quantitative estimate of drug-likeness (QED) is 0.649. The van der Waals surface area contributed by atoms with Crippen LogP contribution in [0.4, 0.5) is 5.69 Å². The molecule has 0 aromatic heterocycles. The molecular formula is C13H15NO4. The third kappa shape index (κ3) is 3.62. The van der Waals surface area contributed by atoms with E-state index >= 15 is 0 Å². The van der Waals surface area contributed by atoms with Crippen LogP contribution in [0.2, 0.25) is 0 Å². The van der Waals surface area contributed by atoms with Crippen LogP contribution in [0.5, 0.6) is 0 Å². The Morgan fingerprint density at radius 1 is 1.17 bits per heavy atom. The molecule has 0 saturated heterocycles. The lowest BCUT2D eigenvalue weighted by Gasteiger charge is -2.11. The topological polar surface area (TPSA) is 64.6 Å². The van der Waals surface area contributed by atoms with Gasteiger partial charge in [0.15, 0.2) is 0 Å². The highest BCUT2D eigenvalue weighted by atomic mass is 16.5. The Morgan fingerprint density at radius 3 is 2.39 bits per heavy atom. The third-order valence-electron chi connectivity index (χ3n) is 2.28. The van der Waals surface area contributed by atoms with Crippen LogP contribution in [-0.4, -0.2) is 26.2 Å². The standard InChI is InChI=1S/C13H15NO4/c1-9-6-4-5-7-10(9)14-11(13(16)18-3)8-12(15)17-2/h4-8,14H,1-3H3. The van der Waals surface area contributed by atoms with Crippen LogP contribution >= 0.6 is 0 Å². The van der Waals surface area contributed by atoms with Crippen LogP contribution in [0.3, 0.4) is 0 Å². The summed E-state index contributed by atoms with van der Waals surface area (Å²) >= 11 is 0. The number of carbonyl (C=O) groups is 2. The highest BCUT2D eigenvalue weighted by Gasteiger charge is 2.13. The minimum absolute atomic E-state index is 0.0265. The average molecular weight is 249 g/mol. The summed E-state index contributed by atoms with van der Waals surface area (Å²) in [6.45, 7) is 1.88. The van der Waals surface area contributed by atoms with Crippen LogP contribution in [0.15, 0.2) is 36.0 Å². The van der Waals surface area contributed by atoms with Crippen molar-refractivity contribution < 1.29 is 19.1 Å². The average Bonchev–Trinajstić information content (AvgIpc) is 2.39. The Morgan fingerprint density at radius 2 is 1.83 bits per heavy atom. The molecule has 96 valence electrons. The molecule has 0 atom stereocenters. The van der Waals surface area contributed by atoms with Crippen molar-refractivity contribution in [2.75, 3.05) is 19.5 Å². The largest absolute Gasteiger partial charge is 0.466 e. The second kappa shape index (κ2) is 6.44. The number of ether oxygens (including phenoxy) is 2. The summed E-state index contributed by atoms with van der Waals surface area (Å²) in [6, 6.07) is 7.38. The molecule has 0 saturated carbocycles. The number of hydrogen-bond acceptors (Lipinski definition) is 5. The number of rotatable bonds is 4. The Bertz CT molecular complexity index is 480. The van der Waals surface area contributed by atoms with Gasteiger partial charge in [-0.3, -0.25) is 0 Å². The molecule has 0 spiro atoms. The van der Waals surface area contributed by atoms with E-state index in [9.17, 15) is 9.59 Å². The molecule has 0 unspecified atom stereocenters. The van der Waals surface area contributed by atoms with Gasteiger partial charge in [-0.1, -0.05) is 18.2 Å². The van der Waals surface area contributed by atoms with Gasteiger partial charge in [-0.2, -0.15) is 0 Å². The normalized spacial score (nSPS) is 10.7. The maximum Gasteiger partial charge on any atom is 0.354 e. The van der Waals surface area contributed by atoms with Gasteiger partial charge in [-0.05, 0) is 18.6 Å². The van der Waals surface area contributed by atoms with Gasteiger partial charge in [-0.15, -0.1) is 0 Å². The lowest BCUT2D eigenvalue weighted by molar-refractivity contribution is -0.138. The van der Waals surface area contributed by atoms with Crippen molar-refractivity contribution in [3.05, 3.63) is 41.6 Å². The number of nitrogens with one attached hydrogen (secondary N) is 1. The van der Waals surface area contributed by atoms with E-state index in [1.807, 2.05) is 25.1 Å². The Hall–Kier alpha value is -2.30. The van der Waals surface area contributed by atoms with Crippen molar-refractivity contribution in [1.29, 1.82) is 0 Å². The number of carbonyl (C=O) groups excluding carboxylic acids is 2. The summed E-state index contributed by atoms with van der Waals surface area (Å²) in [5.41, 5.74) is 1.69. The van der Waals surface area contributed by atoms with Crippen LogP contribution in [-0.2, 0) is 19.1 Å². The molecule has 0 aliphatic carbocycles. The van der Waals surface area contributed by atoms with Crippen molar-refractivity contribution in [2.24, 2.45) is 0 Å². The molecule has 1 aromatic rings. The van der Waals surface area contributed by atoms with Gasteiger partial charge in [0.1, 0.15) is 5.70 Å². The van der Waals surface area contributed by atoms with Crippen molar-refractivity contribution in [1.82, 2.24) is 0 Å². The van der Waals surface area contributed by atoms with E-state index in [1.165, 1.54) is 14.2 Å². The summed E-state index contributed by atoms with van der Waals surface area (Å²) in [5.74, 6) is -1.26. The van der Waals surface area contributed by atoms with Gasteiger partial charge in [0, 0.05) is 5.69 Å². The number of para-hydroxylation sites is 1. The van der Waals surface area contributed by atoms with Crippen LogP contribution < -0.4 is 5.32 Å². The number of methoxy groups -OCH3 is 2. The lowest BCUT2D eigenvalue weighted by atomic mass is 10.2. The molecule has 0 fully saturated rings. The zero-order chi connectivity index (χ0) is 13.5. The van der Waals surface area contributed by atoms with Crippen molar-refractivity contribution >= 4 is 17.6 Å². The first kappa shape index (κ1) is 13.8. The van der Waals surface area contributed by atoms with Crippen molar-refractivity contribution in [3.63, 3.8) is 0 Å². The fraction of sp³-hybridized carbons (Fsp3) is 0.231. The lowest BCUT2D eigenvalue weighted by Crippen LogP contribution is -2.15. The molecular weight excluding hydrogens is 234 g/mol. The van der Waals surface area contributed by atoms with Gasteiger partial charge < -0.3 is 14.8 Å². The molecule has 0 heterocycles. The van der Waals surface area contributed by atoms with E-state index in [0.717, 1.165) is 17.3 Å². The van der Waals surface area contributed by atoms with Gasteiger partial charge in [0.25, 0.3) is 0 Å². The van der Waals surface area contributed by atoms with Crippen LogP contribution in [0.1, 0.15) is 5.56 Å². The fourth-order valence-corrected chi connectivity index (χ4v) is 1.29. The zero-order valence-electron chi connectivity index (χ0n) is 10.5. The second-order valence-corrected chi connectivity index (χ2v) is 3.51. The molecule has 18 heavy (non-hydrogen) atoms. The van der Waals surface area contributed by atoms with E-state index in [0.29, 0.717) is 0 Å². The summed E-state index contributed by atoms with van der Waals surface area (Å²) < 4.78 is 9.07. The van der Waals surface area contributed by atoms with Gasteiger partial charge in [0.05, 0.1) is 20.3 Å². The van der Waals surface area contributed by atoms with E-state index < -0.39 is 11.9 Å². The Balaban J connectivity index is 3.00. The summed E-state index contributed by atoms with van der Waals surface area (Å²) in [7, 11) is 2.48. The molecule has 1 rings (SSSR count). The molecule has 1 aromatic carbocycles. The second-order valence-electron chi connectivity index (χ2n) is 3.51. The molecule has 0 amide bonds. The smallest absolute Gasteiger partial charge is 0.354 e. The first-order valence-electron chi connectivity index (χ1n) is 5.29. The van der Waals surface area contributed by atoms with E-state index in [-0.39, 0.29) is 5.70 Å². The first-order chi connectivity index (χ1) is 8.58. The molecule has 0 radical (unpaired) electrons. The third-order valence-corrected chi connectivity index (χ3v) is 2.28.